The molecule has 102 valence electrons. The molecule has 1 aliphatic rings. The largest absolute Gasteiger partial charge is 0.465 e. The molecule has 1 N–H and O–H groups in total. The van der Waals surface area contributed by atoms with E-state index in [4.69, 9.17) is 4.42 Å². The van der Waals surface area contributed by atoms with Crippen molar-refractivity contribution in [3.63, 3.8) is 0 Å². The Balaban J connectivity index is 1.94. The third-order valence-electron chi connectivity index (χ3n) is 3.79. The van der Waals surface area contributed by atoms with Crippen LogP contribution in [0.25, 0.3) is 0 Å². The molecule has 0 aliphatic carbocycles. The second-order valence-electron chi connectivity index (χ2n) is 5.47. The zero-order valence-electron chi connectivity index (χ0n) is 12.0. The fraction of sp³-hybridized carbons (Fsp3) is 0.714. The number of likely N-dealkylation sites (tertiary alicyclic amines) is 1. The summed E-state index contributed by atoms with van der Waals surface area (Å²) in [5.74, 6) is 2.10. The number of rotatable bonds is 5. The van der Waals surface area contributed by atoms with Crippen molar-refractivity contribution in [3.05, 3.63) is 23.2 Å². The van der Waals surface area contributed by atoms with E-state index in [1.54, 1.807) is 0 Å². The van der Waals surface area contributed by atoms with Gasteiger partial charge in [0.05, 0.1) is 6.54 Å². The van der Waals surface area contributed by atoms with Gasteiger partial charge in [0.2, 0.25) is 0 Å². The van der Waals surface area contributed by atoms with Crippen molar-refractivity contribution in [1.29, 1.82) is 0 Å². The second-order valence-corrected chi connectivity index (χ2v) is 5.47. The molecule has 4 heteroatoms. The minimum atomic E-state index is 0.703. The van der Waals surface area contributed by atoms with Crippen LogP contribution in [0.1, 0.15) is 23.5 Å². The maximum atomic E-state index is 5.74. The quantitative estimate of drug-likeness (QED) is 0.858. The number of furan rings is 1. The number of aryl methyl sites for hydroxylation is 1. The number of nitrogens with zero attached hydrogens (tertiary/aromatic N) is 2. The lowest BCUT2D eigenvalue weighted by Crippen LogP contribution is -2.31. The first-order valence-corrected chi connectivity index (χ1v) is 6.71. The molecule has 1 atom stereocenters. The van der Waals surface area contributed by atoms with Crippen molar-refractivity contribution >= 4 is 0 Å². The average molecular weight is 251 g/mol. The lowest BCUT2D eigenvalue weighted by molar-refractivity contribution is 0.264. The zero-order valence-corrected chi connectivity index (χ0v) is 12.0. The van der Waals surface area contributed by atoms with E-state index in [1.807, 2.05) is 7.05 Å². The Kier molecular flexibility index (Phi) is 4.43. The molecule has 0 aromatic carbocycles. The first-order chi connectivity index (χ1) is 8.60. The molecule has 0 spiro atoms. The van der Waals surface area contributed by atoms with Crippen LogP contribution >= 0.6 is 0 Å². The monoisotopic (exact) mass is 251 g/mol. The van der Waals surface area contributed by atoms with Crippen LogP contribution in [0.2, 0.25) is 0 Å². The lowest BCUT2D eigenvalue weighted by Gasteiger charge is -2.20. The average Bonchev–Trinajstić information content (AvgIpc) is 2.88. The van der Waals surface area contributed by atoms with E-state index < -0.39 is 0 Å². The predicted octanol–water partition coefficient (Wildman–Crippen LogP) is 1.44. The Labute approximate surface area is 110 Å². The van der Waals surface area contributed by atoms with Gasteiger partial charge in [-0.05, 0) is 40.6 Å². The fourth-order valence-corrected chi connectivity index (χ4v) is 2.62. The van der Waals surface area contributed by atoms with Crippen molar-refractivity contribution < 1.29 is 4.42 Å². The molecule has 2 heterocycles. The molecule has 0 saturated carbocycles. The van der Waals surface area contributed by atoms with E-state index in [9.17, 15) is 0 Å². The molecule has 4 nitrogen and oxygen atoms in total. The van der Waals surface area contributed by atoms with Crippen LogP contribution in [0.15, 0.2) is 10.5 Å². The van der Waals surface area contributed by atoms with Crippen LogP contribution in [0.3, 0.4) is 0 Å². The molecule has 1 unspecified atom stereocenters. The van der Waals surface area contributed by atoms with Crippen LogP contribution in [0.5, 0.6) is 0 Å². The Morgan fingerprint density at radius 2 is 2.28 bits per heavy atom. The summed E-state index contributed by atoms with van der Waals surface area (Å²) in [6.07, 6.45) is 1.27. The number of hydrogen-bond acceptors (Lipinski definition) is 4. The summed E-state index contributed by atoms with van der Waals surface area (Å²) in [5, 5.41) is 3.13. The standard InChI is InChI=1S/C14H25N3O/c1-11-12(7-14(18-11)8-15-2)9-17-6-5-13(10-17)16(3)4/h7,13,15H,5-6,8-10H2,1-4H3. The summed E-state index contributed by atoms with van der Waals surface area (Å²) in [6, 6.07) is 2.89. The molecule has 2 rings (SSSR count). The number of likely N-dealkylation sites (N-methyl/N-ethyl adjacent to an activating group) is 1. The van der Waals surface area contributed by atoms with E-state index in [-0.39, 0.29) is 0 Å². The first kappa shape index (κ1) is 13.6. The summed E-state index contributed by atoms with van der Waals surface area (Å²) in [7, 11) is 6.28. The summed E-state index contributed by atoms with van der Waals surface area (Å²) in [4.78, 5) is 4.85. The SMILES string of the molecule is CNCc1cc(CN2CCC(N(C)C)C2)c(C)o1. The lowest BCUT2D eigenvalue weighted by atomic mass is 10.2. The van der Waals surface area contributed by atoms with Gasteiger partial charge in [0.25, 0.3) is 0 Å². The number of nitrogens with one attached hydrogen (secondary N) is 1. The minimum absolute atomic E-state index is 0.703. The van der Waals surface area contributed by atoms with E-state index >= 15 is 0 Å². The molecular formula is C14H25N3O. The van der Waals surface area contributed by atoms with Crippen LogP contribution in [-0.4, -0.2) is 50.1 Å². The highest BCUT2D eigenvalue weighted by Gasteiger charge is 2.24. The highest BCUT2D eigenvalue weighted by atomic mass is 16.3. The van der Waals surface area contributed by atoms with Crippen molar-refractivity contribution in [3.8, 4) is 0 Å². The molecule has 1 fully saturated rings. The van der Waals surface area contributed by atoms with Gasteiger partial charge in [0.1, 0.15) is 11.5 Å². The molecular weight excluding hydrogens is 226 g/mol. The zero-order chi connectivity index (χ0) is 13.1. The highest BCUT2D eigenvalue weighted by molar-refractivity contribution is 5.21. The van der Waals surface area contributed by atoms with Crippen LogP contribution in [0, 0.1) is 6.92 Å². The summed E-state index contributed by atoms with van der Waals surface area (Å²) in [6.45, 7) is 6.24. The van der Waals surface area contributed by atoms with Crippen molar-refractivity contribution in [1.82, 2.24) is 15.1 Å². The summed E-state index contributed by atoms with van der Waals surface area (Å²) < 4.78 is 5.74. The van der Waals surface area contributed by atoms with E-state index in [1.165, 1.54) is 25.1 Å². The topological polar surface area (TPSA) is 31.6 Å². The van der Waals surface area contributed by atoms with Gasteiger partial charge in [0.15, 0.2) is 0 Å². The molecule has 18 heavy (non-hydrogen) atoms. The van der Waals surface area contributed by atoms with Gasteiger partial charge in [-0.3, -0.25) is 4.90 Å². The minimum Gasteiger partial charge on any atom is -0.465 e. The van der Waals surface area contributed by atoms with Crippen LogP contribution < -0.4 is 5.32 Å². The Bertz CT molecular complexity index is 386. The molecule has 0 radical (unpaired) electrons. The molecule has 1 saturated heterocycles. The molecule has 1 aliphatic heterocycles. The third-order valence-corrected chi connectivity index (χ3v) is 3.79. The maximum absolute atomic E-state index is 5.74. The normalized spacial score (nSPS) is 21.1. The van der Waals surface area contributed by atoms with Gasteiger partial charge in [-0.2, -0.15) is 0 Å². The fourth-order valence-electron chi connectivity index (χ4n) is 2.62. The smallest absolute Gasteiger partial charge is 0.118 e. The van der Waals surface area contributed by atoms with Gasteiger partial charge >= 0.3 is 0 Å². The molecule has 0 bridgehead atoms. The Hall–Kier alpha value is -0.840. The first-order valence-electron chi connectivity index (χ1n) is 6.71. The van der Waals surface area contributed by atoms with E-state index in [2.05, 4.69) is 42.2 Å². The third kappa shape index (κ3) is 3.13. The molecule has 0 amide bonds. The molecule has 1 aromatic rings. The molecule has 1 aromatic heterocycles. The van der Waals surface area contributed by atoms with Gasteiger partial charge in [-0.25, -0.2) is 0 Å². The highest BCUT2D eigenvalue weighted by Crippen LogP contribution is 2.20. The van der Waals surface area contributed by atoms with Crippen LogP contribution in [0.4, 0.5) is 0 Å². The second kappa shape index (κ2) is 5.87. The summed E-state index contributed by atoms with van der Waals surface area (Å²) >= 11 is 0. The van der Waals surface area contributed by atoms with Crippen molar-refractivity contribution in [2.24, 2.45) is 0 Å². The van der Waals surface area contributed by atoms with Gasteiger partial charge < -0.3 is 14.6 Å². The van der Waals surface area contributed by atoms with Crippen molar-refractivity contribution in [2.45, 2.75) is 32.5 Å². The van der Waals surface area contributed by atoms with E-state index in [0.29, 0.717) is 6.04 Å². The predicted molar refractivity (Wildman–Crippen MR) is 73.6 cm³/mol. The van der Waals surface area contributed by atoms with Gasteiger partial charge in [-0.15, -0.1) is 0 Å². The van der Waals surface area contributed by atoms with Crippen LogP contribution in [-0.2, 0) is 13.1 Å². The van der Waals surface area contributed by atoms with Gasteiger partial charge in [-0.1, -0.05) is 0 Å². The van der Waals surface area contributed by atoms with E-state index in [0.717, 1.165) is 24.6 Å². The summed E-state index contributed by atoms with van der Waals surface area (Å²) in [5.41, 5.74) is 1.33. The maximum Gasteiger partial charge on any atom is 0.118 e. The Morgan fingerprint density at radius 1 is 1.50 bits per heavy atom. The Morgan fingerprint density at radius 3 is 2.89 bits per heavy atom. The number of hydrogen-bond donors (Lipinski definition) is 1. The van der Waals surface area contributed by atoms with Gasteiger partial charge in [0, 0.05) is 31.2 Å². The van der Waals surface area contributed by atoms with Crippen molar-refractivity contribution in [2.75, 3.05) is 34.2 Å².